The van der Waals surface area contributed by atoms with Crippen molar-refractivity contribution in [2.24, 2.45) is 0 Å². The molecule has 4 nitrogen and oxygen atoms in total. The molecule has 2 fully saturated rings. The Bertz CT molecular complexity index is 914. The number of rotatable bonds is 3. The molecule has 2 amide bonds. The van der Waals surface area contributed by atoms with Crippen molar-refractivity contribution in [2.45, 2.75) is 18.5 Å². The van der Waals surface area contributed by atoms with Gasteiger partial charge in [-0.3, -0.25) is 9.59 Å². The summed E-state index contributed by atoms with van der Waals surface area (Å²) >= 11 is 6.08. The SMILES string of the molecule is O=C(C=Cc1ccccc1Cl)N1C[C@@H]2C[C@H]1C(=O)N2c1ccccc1F. The smallest absolute Gasteiger partial charge is 0.250 e. The topological polar surface area (TPSA) is 40.6 Å². The van der Waals surface area contributed by atoms with Gasteiger partial charge in [0.1, 0.15) is 11.9 Å². The molecule has 2 aromatic carbocycles. The molecule has 2 atom stereocenters. The lowest BCUT2D eigenvalue weighted by Crippen LogP contribution is -2.52. The first-order chi connectivity index (χ1) is 12.6. The number of amides is 2. The van der Waals surface area contributed by atoms with Crippen LogP contribution in [0.25, 0.3) is 6.08 Å². The third-order valence-electron chi connectivity index (χ3n) is 4.87. The zero-order valence-electron chi connectivity index (χ0n) is 13.8. The molecule has 0 aliphatic carbocycles. The Labute approximate surface area is 155 Å². The second-order valence-electron chi connectivity index (χ2n) is 6.41. The number of hydrogen-bond donors (Lipinski definition) is 0. The third-order valence-corrected chi connectivity index (χ3v) is 5.22. The van der Waals surface area contributed by atoms with Crippen molar-refractivity contribution in [1.82, 2.24) is 4.90 Å². The van der Waals surface area contributed by atoms with E-state index in [2.05, 4.69) is 0 Å². The molecule has 0 N–H and O–H groups in total. The van der Waals surface area contributed by atoms with Gasteiger partial charge in [-0.15, -0.1) is 0 Å². The zero-order chi connectivity index (χ0) is 18.3. The quantitative estimate of drug-likeness (QED) is 0.776. The van der Waals surface area contributed by atoms with Crippen LogP contribution < -0.4 is 4.90 Å². The van der Waals surface area contributed by atoms with E-state index in [4.69, 9.17) is 11.6 Å². The minimum atomic E-state index is -0.539. The lowest BCUT2D eigenvalue weighted by atomic mass is 10.2. The molecule has 2 bridgehead atoms. The summed E-state index contributed by atoms with van der Waals surface area (Å²) in [4.78, 5) is 28.3. The van der Waals surface area contributed by atoms with Crippen LogP contribution in [0.2, 0.25) is 5.02 Å². The standard InChI is InChI=1S/C20H16ClFN2O2/c21-15-6-2-1-5-13(15)9-10-19(25)23-12-14-11-18(23)20(26)24(14)17-8-4-3-7-16(17)22/h1-10,14,18H,11-12H2/t14-,18-/m0/s1. The summed E-state index contributed by atoms with van der Waals surface area (Å²) in [5.41, 5.74) is 1.02. The molecule has 2 aliphatic heterocycles. The van der Waals surface area contributed by atoms with Gasteiger partial charge in [-0.05, 0) is 36.3 Å². The van der Waals surface area contributed by atoms with Crippen LogP contribution in [0, 0.1) is 5.82 Å². The minimum absolute atomic E-state index is 0.193. The highest BCUT2D eigenvalue weighted by molar-refractivity contribution is 6.32. The fraction of sp³-hybridized carbons (Fsp3) is 0.200. The highest BCUT2D eigenvalue weighted by atomic mass is 35.5. The van der Waals surface area contributed by atoms with E-state index in [-0.39, 0.29) is 23.5 Å². The maximum absolute atomic E-state index is 14.0. The van der Waals surface area contributed by atoms with Gasteiger partial charge in [0.05, 0.1) is 11.7 Å². The van der Waals surface area contributed by atoms with Crippen LogP contribution in [0.4, 0.5) is 10.1 Å². The number of halogens is 2. The van der Waals surface area contributed by atoms with Gasteiger partial charge in [0, 0.05) is 17.6 Å². The number of benzene rings is 2. The predicted octanol–water partition coefficient (Wildman–Crippen LogP) is 3.51. The second kappa shape index (κ2) is 6.57. The lowest BCUT2D eigenvalue weighted by Gasteiger charge is -2.33. The Morgan fingerprint density at radius 1 is 1.15 bits per heavy atom. The summed E-state index contributed by atoms with van der Waals surface area (Å²) in [5.74, 6) is -0.894. The number of likely N-dealkylation sites (tertiary alicyclic amines) is 1. The molecule has 4 rings (SSSR count). The van der Waals surface area contributed by atoms with Crippen molar-refractivity contribution in [2.75, 3.05) is 11.4 Å². The molecule has 132 valence electrons. The first-order valence-electron chi connectivity index (χ1n) is 8.37. The average molecular weight is 371 g/mol. The molecule has 2 aromatic rings. The molecule has 2 aliphatic rings. The largest absolute Gasteiger partial charge is 0.325 e. The molecule has 0 aromatic heterocycles. The predicted molar refractivity (Wildman–Crippen MR) is 98.3 cm³/mol. The first-order valence-corrected chi connectivity index (χ1v) is 8.75. The van der Waals surface area contributed by atoms with Crippen LogP contribution in [-0.2, 0) is 9.59 Å². The van der Waals surface area contributed by atoms with Crippen LogP contribution >= 0.6 is 11.6 Å². The fourth-order valence-corrected chi connectivity index (χ4v) is 3.85. The van der Waals surface area contributed by atoms with Crippen LogP contribution in [0.5, 0.6) is 0 Å². The number of anilines is 1. The summed E-state index contributed by atoms with van der Waals surface area (Å²) in [5, 5.41) is 0.557. The van der Waals surface area contributed by atoms with E-state index in [1.54, 1.807) is 35.2 Å². The zero-order valence-corrected chi connectivity index (χ0v) is 14.6. The van der Waals surface area contributed by atoms with Gasteiger partial charge in [-0.2, -0.15) is 0 Å². The van der Waals surface area contributed by atoms with Crippen LogP contribution in [0.1, 0.15) is 12.0 Å². The molecule has 0 spiro atoms. The fourth-order valence-electron chi connectivity index (χ4n) is 3.65. The van der Waals surface area contributed by atoms with Crippen molar-refractivity contribution >= 4 is 35.2 Å². The number of piperazine rings is 1. The van der Waals surface area contributed by atoms with Crippen LogP contribution in [0.15, 0.2) is 54.6 Å². The molecular weight excluding hydrogens is 355 g/mol. The van der Waals surface area contributed by atoms with E-state index in [1.165, 1.54) is 17.0 Å². The van der Waals surface area contributed by atoms with Crippen molar-refractivity contribution in [1.29, 1.82) is 0 Å². The van der Waals surface area contributed by atoms with Crippen LogP contribution in [0.3, 0.4) is 0 Å². The monoisotopic (exact) mass is 370 g/mol. The maximum Gasteiger partial charge on any atom is 0.250 e. The summed E-state index contributed by atoms with van der Waals surface area (Å²) in [6.07, 6.45) is 3.61. The molecule has 0 radical (unpaired) electrons. The Balaban J connectivity index is 1.51. The van der Waals surface area contributed by atoms with Gasteiger partial charge in [0.25, 0.3) is 0 Å². The van der Waals surface area contributed by atoms with E-state index in [9.17, 15) is 14.0 Å². The molecule has 2 heterocycles. The van der Waals surface area contributed by atoms with Crippen LogP contribution in [-0.4, -0.2) is 35.3 Å². The highest BCUT2D eigenvalue weighted by Gasteiger charge is 2.51. The summed E-state index contributed by atoms with van der Waals surface area (Å²) in [6.45, 7) is 0.399. The average Bonchev–Trinajstić information content (AvgIpc) is 3.20. The van der Waals surface area contributed by atoms with Gasteiger partial charge < -0.3 is 9.80 Å². The second-order valence-corrected chi connectivity index (χ2v) is 6.82. The molecule has 0 saturated carbocycles. The number of carbonyl (C=O) groups is 2. The normalized spacial score (nSPS) is 21.8. The number of hydrogen-bond acceptors (Lipinski definition) is 2. The van der Waals surface area contributed by atoms with E-state index >= 15 is 0 Å². The maximum atomic E-state index is 14.0. The van der Waals surface area contributed by atoms with E-state index < -0.39 is 11.9 Å². The number of nitrogens with zero attached hydrogens (tertiary/aromatic N) is 2. The van der Waals surface area contributed by atoms with Crippen molar-refractivity contribution in [3.63, 3.8) is 0 Å². The number of para-hydroxylation sites is 1. The van der Waals surface area contributed by atoms with Gasteiger partial charge in [-0.1, -0.05) is 41.9 Å². The van der Waals surface area contributed by atoms with Gasteiger partial charge >= 0.3 is 0 Å². The molecular formula is C20H16ClFN2O2. The lowest BCUT2D eigenvalue weighted by molar-refractivity contribution is -0.134. The summed E-state index contributed by atoms with van der Waals surface area (Å²) < 4.78 is 14.0. The van der Waals surface area contributed by atoms with E-state index in [0.717, 1.165) is 5.56 Å². The van der Waals surface area contributed by atoms with E-state index in [0.29, 0.717) is 18.0 Å². The summed E-state index contributed by atoms with van der Waals surface area (Å²) in [7, 11) is 0. The van der Waals surface area contributed by atoms with Gasteiger partial charge in [-0.25, -0.2) is 4.39 Å². The number of carbonyl (C=O) groups excluding carboxylic acids is 2. The molecule has 2 saturated heterocycles. The molecule has 6 heteroatoms. The molecule has 0 unspecified atom stereocenters. The van der Waals surface area contributed by atoms with Crippen molar-refractivity contribution < 1.29 is 14.0 Å². The van der Waals surface area contributed by atoms with E-state index in [1.807, 2.05) is 18.2 Å². The Morgan fingerprint density at radius 3 is 2.62 bits per heavy atom. The van der Waals surface area contributed by atoms with Crippen molar-refractivity contribution in [3.8, 4) is 0 Å². The van der Waals surface area contributed by atoms with Gasteiger partial charge in [0.2, 0.25) is 11.8 Å². The minimum Gasteiger partial charge on any atom is -0.325 e. The molecule has 26 heavy (non-hydrogen) atoms. The van der Waals surface area contributed by atoms with Crippen molar-refractivity contribution in [3.05, 3.63) is 71.0 Å². The highest BCUT2D eigenvalue weighted by Crippen LogP contribution is 2.36. The number of fused-ring (bicyclic) bond motifs is 2. The van der Waals surface area contributed by atoms with Gasteiger partial charge in [0.15, 0.2) is 0 Å². The third kappa shape index (κ3) is 2.78. The Morgan fingerprint density at radius 2 is 1.88 bits per heavy atom. The Hall–Kier alpha value is -2.66. The Kier molecular flexibility index (Phi) is 4.24. The summed E-state index contributed by atoms with van der Waals surface area (Å²) in [6, 6.07) is 12.7. The first kappa shape index (κ1) is 16.8.